The van der Waals surface area contributed by atoms with Gasteiger partial charge in [-0.25, -0.2) is 8.78 Å². The molecule has 2 aromatic carbocycles. The van der Waals surface area contributed by atoms with E-state index in [1.54, 1.807) is 0 Å². The minimum absolute atomic E-state index is 0.0650. The molecule has 0 aliphatic rings. The lowest BCUT2D eigenvalue weighted by atomic mass is 9.98. The van der Waals surface area contributed by atoms with Gasteiger partial charge in [0.2, 0.25) is 0 Å². The van der Waals surface area contributed by atoms with Crippen molar-refractivity contribution < 1.29 is 8.78 Å². The maximum atomic E-state index is 14.1. The third kappa shape index (κ3) is 3.44. The normalized spacial score (nSPS) is 12.4. The molecular formula is C14H12Br2F2N2. The van der Waals surface area contributed by atoms with Gasteiger partial charge in [-0.15, -0.1) is 0 Å². The molecule has 0 amide bonds. The number of hydrazine groups is 1. The Labute approximate surface area is 132 Å². The molecule has 6 heteroatoms. The summed E-state index contributed by atoms with van der Waals surface area (Å²) in [4.78, 5) is 0. The lowest BCUT2D eigenvalue weighted by Gasteiger charge is -2.18. The highest BCUT2D eigenvalue weighted by Gasteiger charge is 2.21. The number of halogens is 4. The Morgan fingerprint density at radius 3 is 2.30 bits per heavy atom. The number of rotatable bonds is 4. The van der Waals surface area contributed by atoms with E-state index in [-0.39, 0.29) is 10.0 Å². The zero-order valence-corrected chi connectivity index (χ0v) is 13.5. The first-order valence-corrected chi connectivity index (χ1v) is 7.45. The van der Waals surface area contributed by atoms with Crippen LogP contribution in [0.1, 0.15) is 17.2 Å². The van der Waals surface area contributed by atoms with E-state index < -0.39 is 17.7 Å². The van der Waals surface area contributed by atoms with Gasteiger partial charge in [-0.3, -0.25) is 11.3 Å². The van der Waals surface area contributed by atoms with Crippen LogP contribution < -0.4 is 11.3 Å². The maximum absolute atomic E-state index is 14.1. The Bertz CT molecular complexity index is 603. The second kappa shape index (κ2) is 6.76. The number of hydrogen-bond acceptors (Lipinski definition) is 2. The molecular weight excluding hydrogens is 394 g/mol. The Morgan fingerprint density at radius 1 is 1.05 bits per heavy atom. The smallest absolute Gasteiger partial charge is 0.145 e. The standard InChI is InChI=1S/C14H12Br2F2N2/c15-9-3-1-8(2-4-9)7-12(20-19)13-11(17)6-5-10(16)14(13)18/h1-6,12,20H,7,19H2. The summed E-state index contributed by atoms with van der Waals surface area (Å²) in [5.41, 5.74) is 3.34. The number of benzene rings is 2. The molecule has 1 unspecified atom stereocenters. The molecule has 0 aromatic heterocycles. The number of hydrogen-bond donors (Lipinski definition) is 2. The summed E-state index contributed by atoms with van der Waals surface area (Å²) in [6.07, 6.45) is 0.383. The SMILES string of the molecule is NNC(Cc1ccc(Br)cc1)c1c(F)ccc(Br)c1F. The lowest BCUT2D eigenvalue weighted by molar-refractivity contribution is 0.470. The molecule has 2 rings (SSSR count). The maximum Gasteiger partial charge on any atom is 0.145 e. The van der Waals surface area contributed by atoms with Crippen LogP contribution in [-0.4, -0.2) is 0 Å². The Hall–Kier alpha value is -0.820. The molecule has 106 valence electrons. The summed E-state index contributed by atoms with van der Waals surface area (Å²) < 4.78 is 29.1. The van der Waals surface area contributed by atoms with Crippen molar-refractivity contribution in [3.05, 3.63) is 68.1 Å². The molecule has 0 saturated carbocycles. The predicted molar refractivity (Wildman–Crippen MR) is 82.0 cm³/mol. The van der Waals surface area contributed by atoms with Crippen LogP contribution in [-0.2, 0) is 6.42 Å². The van der Waals surface area contributed by atoms with Crippen LogP contribution in [0.3, 0.4) is 0 Å². The van der Waals surface area contributed by atoms with Gasteiger partial charge in [0.05, 0.1) is 10.5 Å². The van der Waals surface area contributed by atoms with Crippen molar-refractivity contribution >= 4 is 31.9 Å². The minimum Gasteiger partial charge on any atom is -0.271 e. The summed E-state index contributed by atoms with van der Waals surface area (Å²) >= 11 is 6.40. The average Bonchev–Trinajstić information content (AvgIpc) is 2.44. The molecule has 20 heavy (non-hydrogen) atoms. The van der Waals surface area contributed by atoms with E-state index in [0.717, 1.165) is 10.0 Å². The Balaban J connectivity index is 2.33. The number of nitrogens with two attached hydrogens (primary N) is 1. The van der Waals surface area contributed by atoms with Gasteiger partial charge in [-0.1, -0.05) is 28.1 Å². The molecule has 3 N–H and O–H groups in total. The van der Waals surface area contributed by atoms with E-state index in [9.17, 15) is 8.78 Å². The molecule has 0 aliphatic carbocycles. The van der Waals surface area contributed by atoms with Crippen LogP contribution in [0.4, 0.5) is 8.78 Å². The topological polar surface area (TPSA) is 38.0 Å². The van der Waals surface area contributed by atoms with Crippen molar-refractivity contribution in [1.82, 2.24) is 5.43 Å². The molecule has 0 bridgehead atoms. The molecule has 1 atom stereocenters. The van der Waals surface area contributed by atoms with Crippen molar-refractivity contribution in [2.75, 3.05) is 0 Å². The van der Waals surface area contributed by atoms with Crippen molar-refractivity contribution in [3.8, 4) is 0 Å². The van der Waals surface area contributed by atoms with E-state index in [1.165, 1.54) is 12.1 Å². The third-order valence-corrected chi connectivity index (χ3v) is 4.12. The van der Waals surface area contributed by atoms with Crippen LogP contribution in [0.15, 0.2) is 45.3 Å². The highest BCUT2D eigenvalue weighted by atomic mass is 79.9. The first-order valence-electron chi connectivity index (χ1n) is 5.87. The fraction of sp³-hybridized carbons (Fsp3) is 0.143. The summed E-state index contributed by atoms with van der Waals surface area (Å²) in [6, 6.07) is 9.40. The molecule has 0 heterocycles. The van der Waals surface area contributed by atoms with Gasteiger partial charge in [0, 0.05) is 10.0 Å². The zero-order chi connectivity index (χ0) is 14.7. The zero-order valence-electron chi connectivity index (χ0n) is 10.3. The summed E-state index contributed by atoms with van der Waals surface area (Å²) in [6.45, 7) is 0. The van der Waals surface area contributed by atoms with Gasteiger partial charge in [-0.2, -0.15) is 0 Å². The molecule has 2 nitrogen and oxygen atoms in total. The van der Waals surface area contributed by atoms with Crippen LogP contribution >= 0.6 is 31.9 Å². The molecule has 2 aromatic rings. The minimum atomic E-state index is -0.645. The second-order valence-corrected chi connectivity index (χ2v) is 6.08. The van der Waals surface area contributed by atoms with Gasteiger partial charge < -0.3 is 0 Å². The van der Waals surface area contributed by atoms with Crippen LogP contribution in [0.5, 0.6) is 0 Å². The van der Waals surface area contributed by atoms with E-state index in [4.69, 9.17) is 5.84 Å². The molecule has 0 saturated heterocycles. The summed E-state index contributed by atoms with van der Waals surface area (Å²) in [5.74, 6) is 4.21. The average molecular weight is 406 g/mol. The lowest BCUT2D eigenvalue weighted by Crippen LogP contribution is -2.31. The second-order valence-electron chi connectivity index (χ2n) is 4.31. The first kappa shape index (κ1) is 15.6. The van der Waals surface area contributed by atoms with E-state index in [1.807, 2.05) is 24.3 Å². The quantitative estimate of drug-likeness (QED) is 0.453. The van der Waals surface area contributed by atoms with Gasteiger partial charge in [0.25, 0.3) is 0 Å². The highest BCUT2D eigenvalue weighted by Crippen LogP contribution is 2.28. The van der Waals surface area contributed by atoms with Crippen LogP contribution in [0, 0.1) is 11.6 Å². The van der Waals surface area contributed by atoms with Crippen LogP contribution in [0.25, 0.3) is 0 Å². The molecule has 0 radical (unpaired) electrons. The van der Waals surface area contributed by atoms with Gasteiger partial charge >= 0.3 is 0 Å². The van der Waals surface area contributed by atoms with Crippen molar-refractivity contribution in [1.29, 1.82) is 0 Å². The monoisotopic (exact) mass is 404 g/mol. The highest BCUT2D eigenvalue weighted by molar-refractivity contribution is 9.10. The van der Waals surface area contributed by atoms with Crippen LogP contribution in [0.2, 0.25) is 0 Å². The molecule has 0 spiro atoms. The van der Waals surface area contributed by atoms with E-state index in [2.05, 4.69) is 37.3 Å². The molecule has 0 fully saturated rings. The largest absolute Gasteiger partial charge is 0.271 e. The van der Waals surface area contributed by atoms with Crippen molar-refractivity contribution in [2.45, 2.75) is 12.5 Å². The summed E-state index contributed by atoms with van der Waals surface area (Å²) in [5, 5.41) is 0. The van der Waals surface area contributed by atoms with Gasteiger partial charge in [0.15, 0.2) is 0 Å². The summed E-state index contributed by atoms with van der Waals surface area (Å²) in [7, 11) is 0. The fourth-order valence-corrected chi connectivity index (χ4v) is 2.57. The van der Waals surface area contributed by atoms with Crippen molar-refractivity contribution in [3.63, 3.8) is 0 Å². The van der Waals surface area contributed by atoms with Crippen molar-refractivity contribution in [2.24, 2.45) is 5.84 Å². The molecule has 0 aliphatic heterocycles. The van der Waals surface area contributed by atoms with E-state index in [0.29, 0.717) is 6.42 Å². The Morgan fingerprint density at radius 2 is 1.70 bits per heavy atom. The third-order valence-electron chi connectivity index (χ3n) is 2.98. The first-order chi connectivity index (χ1) is 9.52. The Kier molecular flexibility index (Phi) is 5.26. The van der Waals surface area contributed by atoms with Gasteiger partial charge in [-0.05, 0) is 52.2 Å². The number of nitrogens with one attached hydrogen (secondary N) is 1. The predicted octanol–water partition coefficient (Wildman–Crippen LogP) is 4.24. The fourth-order valence-electron chi connectivity index (χ4n) is 1.96. The van der Waals surface area contributed by atoms with E-state index >= 15 is 0 Å². The van der Waals surface area contributed by atoms with Gasteiger partial charge in [0.1, 0.15) is 11.6 Å².